The van der Waals surface area contributed by atoms with Crippen LogP contribution in [0.15, 0.2) is 61.3 Å². The van der Waals surface area contributed by atoms with Crippen molar-refractivity contribution in [1.82, 2.24) is 35.2 Å². The number of hydrogen-bond acceptors (Lipinski definition) is 8. The SMILES string of the molecule is COC(=O)[C@H]1CC[C@H](NC(=O)C2c3cccc(-c4cncnc4)c3CCN2C(=O)c2cn(-c3cccc(Cl)c3F)nn2)CC1. The van der Waals surface area contributed by atoms with E-state index in [1.54, 1.807) is 18.5 Å². The number of amides is 2. The van der Waals surface area contributed by atoms with Gasteiger partial charge in [-0.25, -0.2) is 19.0 Å². The molecule has 11 nitrogen and oxygen atoms in total. The molecule has 13 heteroatoms. The van der Waals surface area contributed by atoms with Gasteiger partial charge < -0.3 is 15.0 Å². The lowest BCUT2D eigenvalue weighted by Crippen LogP contribution is -2.50. The van der Waals surface area contributed by atoms with Crippen LogP contribution in [0.5, 0.6) is 0 Å². The number of rotatable bonds is 6. The minimum atomic E-state index is -0.970. The van der Waals surface area contributed by atoms with E-state index in [-0.39, 0.29) is 46.8 Å². The fourth-order valence-electron chi connectivity index (χ4n) is 6.10. The summed E-state index contributed by atoms with van der Waals surface area (Å²) >= 11 is 5.94. The first-order valence-corrected chi connectivity index (χ1v) is 14.7. The molecule has 4 aromatic rings. The Labute approximate surface area is 257 Å². The molecule has 2 aromatic heterocycles. The van der Waals surface area contributed by atoms with Crippen molar-refractivity contribution in [2.75, 3.05) is 13.7 Å². The van der Waals surface area contributed by atoms with Gasteiger partial charge in [0.1, 0.15) is 18.1 Å². The average molecular weight is 618 g/mol. The molecule has 2 aliphatic rings. The van der Waals surface area contributed by atoms with Gasteiger partial charge in [0.05, 0.1) is 24.2 Å². The molecule has 0 radical (unpaired) electrons. The fourth-order valence-corrected chi connectivity index (χ4v) is 6.27. The molecule has 1 unspecified atom stereocenters. The van der Waals surface area contributed by atoms with Crippen molar-refractivity contribution in [2.45, 2.75) is 44.2 Å². The minimum absolute atomic E-state index is 0.0413. The highest BCUT2D eigenvalue weighted by molar-refractivity contribution is 6.30. The van der Waals surface area contributed by atoms with Gasteiger partial charge in [-0.15, -0.1) is 5.10 Å². The minimum Gasteiger partial charge on any atom is -0.469 e. The first-order valence-electron chi connectivity index (χ1n) is 14.3. The van der Waals surface area contributed by atoms with Crippen LogP contribution in [0.4, 0.5) is 4.39 Å². The molecule has 3 heterocycles. The van der Waals surface area contributed by atoms with Gasteiger partial charge in [0.25, 0.3) is 5.91 Å². The number of carbonyl (C=O) groups is 3. The standard InChI is InChI=1S/C31H29ClFN7O4/c1-44-31(43)18-8-10-20(11-9-18)36-29(41)28-23-5-2-4-21(19-14-34-17-35-15-19)22(23)12-13-39(28)30(42)25-16-40(38-37-25)26-7-3-6-24(32)27(26)33/h2-7,14-18,20,28H,8-13H2,1H3,(H,36,41)/t18-,20-,28?. The number of hydrogen-bond donors (Lipinski definition) is 1. The monoisotopic (exact) mass is 617 g/mol. The maximum atomic E-state index is 14.7. The number of ether oxygens (including phenoxy) is 1. The maximum Gasteiger partial charge on any atom is 0.308 e. The molecule has 44 heavy (non-hydrogen) atoms. The number of nitrogens with zero attached hydrogens (tertiary/aromatic N) is 6. The lowest BCUT2D eigenvalue weighted by molar-refractivity contribution is -0.146. The number of fused-ring (bicyclic) bond motifs is 1. The summed E-state index contributed by atoms with van der Waals surface area (Å²) < 4.78 is 20.7. The average Bonchev–Trinajstić information content (AvgIpc) is 3.55. The first-order chi connectivity index (χ1) is 21.4. The predicted octanol–water partition coefficient (Wildman–Crippen LogP) is 4.10. The Morgan fingerprint density at radius 2 is 1.80 bits per heavy atom. The number of esters is 1. The van der Waals surface area contributed by atoms with Crippen LogP contribution in [0.2, 0.25) is 5.02 Å². The van der Waals surface area contributed by atoms with Gasteiger partial charge in [0.2, 0.25) is 5.91 Å². The molecule has 0 spiro atoms. The third-order valence-electron chi connectivity index (χ3n) is 8.30. The van der Waals surface area contributed by atoms with Gasteiger partial charge in [-0.1, -0.05) is 41.1 Å². The second kappa shape index (κ2) is 12.5. The molecule has 1 aliphatic carbocycles. The summed E-state index contributed by atoms with van der Waals surface area (Å²) in [7, 11) is 1.38. The van der Waals surface area contributed by atoms with E-state index in [1.807, 2.05) is 18.2 Å². The Balaban J connectivity index is 1.32. The van der Waals surface area contributed by atoms with E-state index in [9.17, 15) is 18.8 Å². The van der Waals surface area contributed by atoms with Gasteiger partial charge in [-0.2, -0.15) is 0 Å². The van der Waals surface area contributed by atoms with Crippen LogP contribution < -0.4 is 5.32 Å². The quantitative estimate of drug-likeness (QED) is 0.320. The smallest absolute Gasteiger partial charge is 0.308 e. The van der Waals surface area contributed by atoms with Crippen LogP contribution in [0.3, 0.4) is 0 Å². The summed E-state index contributed by atoms with van der Waals surface area (Å²) in [5.41, 5.74) is 3.28. The third kappa shape index (κ3) is 5.64. The van der Waals surface area contributed by atoms with Crippen LogP contribution in [-0.4, -0.2) is 67.3 Å². The Morgan fingerprint density at radius 3 is 2.55 bits per heavy atom. The molecule has 0 bridgehead atoms. The third-order valence-corrected chi connectivity index (χ3v) is 8.59. The van der Waals surface area contributed by atoms with Gasteiger partial charge in [0.15, 0.2) is 11.5 Å². The molecule has 6 rings (SSSR count). The highest BCUT2D eigenvalue weighted by Gasteiger charge is 2.39. The highest BCUT2D eigenvalue weighted by atomic mass is 35.5. The van der Waals surface area contributed by atoms with Gasteiger partial charge >= 0.3 is 5.97 Å². The van der Waals surface area contributed by atoms with Crippen molar-refractivity contribution in [2.24, 2.45) is 5.92 Å². The Bertz CT molecular complexity index is 1710. The Hall–Kier alpha value is -4.71. The van der Waals surface area contributed by atoms with E-state index in [4.69, 9.17) is 16.3 Å². The first kappa shape index (κ1) is 29.4. The fraction of sp³-hybridized carbons (Fsp3) is 0.323. The summed E-state index contributed by atoms with van der Waals surface area (Å²) in [5.74, 6) is -1.98. The molecular weight excluding hydrogens is 589 g/mol. The summed E-state index contributed by atoms with van der Waals surface area (Å²) in [5, 5.41) is 11.0. The highest BCUT2D eigenvalue weighted by Crippen LogP contribution is 2.37. The van der Waals surface area contributed by atoms with Crippen molar-refractivity contribution in [3.05, 3.63) is 89.0 Å². The molecular formula is C31H29ClFN7O4. The molecule has 0 saturated heterocycles. The topological polar surface area (TPSA) is 132 Å². The summed E-state index contributed by atoms with van der Waals surface area (Å²) in [6.07, 6.45) is 9.09. The predicted molar refractivity (Wildman–Crippen MR) is 157 cm³/mol. The number of aromatic nitrogens is 5. The van der Waals surface area contributed by atoms with E-state index in [1.165, 1.54) is 36.7 Å². The van der Waals surface area contributed by atoms with E-state index in [0.29, 0.717) is 37.7 Å². The maximum absolute atomic E-state index is 14.7. The van der Waals surface area contributed by atoms with Gasteiger partial charge in [-0.05, 0) is 60.9 Å². The van der Waals surface area contributed by atoms with Crippen molar-refractivity contribution in [1.29, 1.82) is 0 Å². The van der Waals surface area contributed by atoms with Crippen molar-refractivity contribution in [3.63, 3.8) is 0 Å². The van der Waals surface area contributed by atoms with E-state index >= 15 is 0 Å². The second-order valence-corrected chi connectivity index (χ2v) is 11.3. The number of nitrogens with one attached hydrogen (secondary N) is 1. The lowest BCUT2D eigenvalue weighted by atomic mass is 9.84. The lowest BCUT2D eigenvalue weighted by Gasteiger charge is -2.38. The normalized spacial score (nSPS) is 19.6. The number of benzene rings is 2. The second-order valence-electron chi connectivity index (χ2n) is 10.9. The van der Waals surface area contributed by atoms with Crippen molar-refractivity contribution < 1.29 is 23.5 Å². The molecule has 1 saturated carbocycles. The van der Waals surface area contributed by atoms with E-state index < -0.39 is 17.8 Å². The number of methoxy groups -OCH3 is 1. The largest absolute Gasteiger partial charge is 0.469 e. The summed E-state index contributed by atoms with van der Waals surface area (Å²) in [6, 6.07) is 8.96. The Morgan fingerprint density at radius 1 is 1.05 bits per heavy atom. The van der Waals surface area contributed by atoms with E-state index in [0.717, 1.165) is 21.4 Å². The molecule has 1 aliphatic heterocycles. The number of halogens is 2. The van der Waals surface area contributed by atoms with Crippen molar-refractivity contribution in [3.8, 4) is 16.8 Å². The summed E-state index contributed by atoms with van der Waals surface area (Å²) in [4.78, 5) is 49.8. The molecule has 1 atom stereocenters. The molecule has 2 amide bonds. The van der Waals surface area contributed by atoms with Crippen molar-refractivity contribution >= 4 is 29.4 Å². The Kier molecular flexibility index (Phi) is 8.34. The van der Waals surface area contributed by atoms with Crippen LogP contribution in [0.1, 0.15) is 53.3 Å². The molecule has 1 fully saturated rings. The molecule has 1 N–H and O–H groups in total. The molecule has 226 valence electrons. The summed E-state index contributed by atoms with van der Waals surface area (Å²) in [6.45, 7) is 0.224. The van der Waals surface area contributed by atoms with Gasteiger partial charge in [0, 0.05) is 30.5 Å². The van der Waals surface area contributed by atoms with Gasteiger partial charge in [-0.3, -0.25) is 14.4 Å². The van der Waals surface area contributed by atoms with Crippen LogP contribution in [0.25, 0.3) is 16.8 Å². The zero-order chi connectivity index (χ0) is 30.8. The van der Waals surface area contributed by atoms with Crippen LogP contribution >= 0.6 is 11.6 Å². The van der Waals surface area contributed by atoms with Crippen LogP contribution in [-0.2, 0) is 20.7 Å². The zero-order valence-electron chi connectivity index (χ0n) is 23.8. The number of carbonyl (C=O) groups excluding carboxylic acids is 3. The van der Waals surface area contributed by atoms with Crippen LogP contribution in [0, 0.1) is 11.7 Å². The van der Waals surface area contributed by atoms with E-state index in [2.05, 4.69) is 25.6 Å². The zero-order valence-corrected chi connectivity index (χ0v) is 24.6. The molecule has 2 aromatic carbocycles.